The van der Waals surface area contributed by atoms with E-state index in [4.69, 9.17) is 9.47 Å². The number of fused-ring (bicyclic) bond motifs is 1. The number of carbonyl (C=O) groups excluding carboxylic acids is 1. The summed E-state index contributed by atoms with van der Waals surface area (Å²) in [7, 11) is 1.87. The highest BCUT2D eigenvalue weighted by Gasteiger charge is 2.62. The molecule has 3 heterocycles. The molecule has 3 fully saturated rings. The molecule has 1 aromatic heterocycles. The van der Waals surface area contributed by atoms with Gasteiger partial charge in [0, 0.05) is 43.2 Å². The molecule has 2 aromatic carbocycles. The lowest BCUT2D eigenvalue weighted by molar-refractivity contribution is -0.234. The predicted molar refractivity (Wildman–Crippen MR) is 143 cm³/mol. The zero-order valence-corrected chi connectivity index (χ0v) is 23.1. The molecule has 2 saturated carbocycles. The average molecular weight is 568 g/mol. The Bertz CT molecular complexity index is 1520. The minimum atomic E-state index is -4.57. The van der Waals surface area contributed by atoms with Crippen LogP contribution in [0.5, 0.6) is 0 Å². The molecule has 0 atom stereocenters. The van der Waals surface area contributed by atoms with Crippen LogP contribution in [0.1, 0.15) is 77.5 Å². The van der Waals surface area contributed by atoms with Crippen LogP contribution in [-0.4, -0.2) is 45.2 Å². The van der Waals surface area contributed by atoms with Gasteiger partial charge in [0.05, 0.1) is 30.7 Å². The Morgan fingerprint density at radius 1 is 1.10 bits per heavy atom. The summed E-state index contributed by atoms with van der Waals surface area (Å²) in [6.45, 7) is 3.26. The Balaban J connectivity index is 1.22. The topological polar surface area (TPSA) is 81.5 Å². The van der Waals surface area contributed by atoms with Crippen LogP contribution in [0.25, 0.3) is 0 Å². The number of alkyl halides is 3. The van der Waals surface area contributed by atoms with Crippen LogP contribution in [0.3, 0.4) is 0 Å². The van der Waals surface area contributed by atoms with Gasteiger partial charge in [-0.05, 0) is 67.1 Å². The number of aryl methyl sites for hydroxylation is 1. The van der Waals surface area contributed by atoms with E-state index in [1.807, 2.05) is 29.8 Å². The van der Waals surface area contributed by atoms with Crippen molar-refractivity contribution < 1.29 is 27.4 Å². The normalized spacial score (nSPS) is 22.1. The van der Waals surface area contributed by atoms with Crippen LogP contribution in [0, 0.1) is 0 Å². The van der Waals surface area contributed by atoms with Crippen molar-refractivity contribution >= 4 is 11.6 Å². The summed E-state index contributed by atoms with van der Waals surface area (Å²) in [5.41, 5.74) is 0.624. The molecule has 0 bridgehead atoms. The Morgan fingerprint density at radius 3 is 2.49 bits per heavy atom. The van der Waals surface area contributed by atoms with Crippen LogP contribution < -0.4 is 10.2 Å². The van der Waals surface area contributed by atoms with E-state index in [2.05, 4.69) is 22.4 Å². The van der Waals surface area contributed by atoms with E-state index in [0.717, 1.165) is 30.7 Å². The molecule has 1 amide bonds. The van der Waals surface area contributed by atoms with Crippen LogP contribution in [0.2, 0.25) is 0 Å². The van der Waals surface area contributed by atoms with Crippen LogP contribution >= 0.6 is 0 Å². The second-order valence-corrected chi connectivity index (χ2v) is 12.2. The number of hydrogen-bond donors (Lipinski definition) is 1. The molecule has 0 unspecified atom stereocenters. The maximum Gasteiger partial charge on any atom is 0.416 e. The van der Waals surface area contributed by atoms with E-state index in [1.165, 1.54) is 11.0 Å². The number of aromatic nitrogens is 3. The van der Waals surface area contributed by atoms with E-state index < -0.39 is 28.8 Å². The number of rotatable bonds is 6. The monoisotopic (exact) mass is 567 g/mol. The van der Waals surface area contributed by atoms with Gasteiger partial charge in [-0.2, -0.15) is 13.2 Å². The van der Waals surface area contributed by atoms with E-state index in [-0.39, 0.29) is 29.8 Å². The fourth-order valence-corrected chi connectivity index (χ4v) is 6.98. The van der Waals surface area contributed by atoms with Crippen molar-refractivity contribution in [3.05, 3.63) is 76.4 Å². The first-order valence-corrected chi connectivity index (χ1v) is 14.0. The molecule has 2 aliphatic heterocycles. The van der Waals surface area contributed by atoms with E-state index in [9.17, 15) is 18.0 Å². The smallest absolute Gasteiger partial charge is 0.347 e. The summed E-state index contributed by atoms with van der Waals surface area (Å²) >= 11 is 0. The van der Waals surface area contributed by atoms with Crippen LogP contribution in [0.15, 0.2) is 42.7 Å². The quantitative estimate of drug-likeness (QED) is 0.459. The summed E-state index contributed by atoms with van der Waals surface area (Å²) in [6.07, 6.45) is 1.20. The highest BCUT2D eigenvalue weighted by molar-refractivity contribution is 6.10. The lowest BCUT2D eigenvalue weighted by atomic mass is 9.60. The van der Waals surface area contributed by atoms with Gasteiger partial charge in [-0.25, -0.2) is 0 Å². The molecule has 1 N–H and O–H groups in total. The van der Waals surface area contributed by atoms with E-state index >= 15 is 0 Å². The molecule has 4 aliphatic rings. The molecule has 3 aromatic rings. The second kappa shape index (κ2) is 9.11. The molecule has 8 nitrogen and oxygen atoms in total. The van der Waals surface area contributed by atoms with Gasteiger partial charge in [0.25, 0.3) is 5.91 Å². The maximum absolute atomic E-state index is 14.3. The first-order valence-electron chi connectivity index (χ1n) is 14.0. The summed E-state index contributed by atoms with van der Waals surface area (Å²) < 4.78 is 56.5. The van der Waals surface area contributed by atoms with Crippen molar-refractivity contribution in [3.63, 3.8) is 0 Å². The molecule has 7 rings (SSSR count). The number of amides is 1. The molecule has 2 aliphatic carbocycles. The van der Waals surface area contributed by atoms with Crippen molar-refractivity contribution in [3.8, 4) is 0 Å². The van der Waals surface area contributed by atoms with Gasteiger partial charge in [0.2, 0.25) is 0 Å². The molecule has 41 heavy (non-hydrogen) atoms. The van der Waals surface area contributed by atoms with Gasteiger partial charge < -0.3 is 24.3 Å². The minimum absolute atomic E-state index is 0.0184. The molecule has 0 radical (unpaired) electrons. The first-order chi connectivity index (χ1) is 19.5. The van der Waals surface area contributed by atoms with Crippen LogP contribution in [-0.2, 0) is 41.2 Å². The zero-order chi connectivity index (χ0) is 28.6. The SMILES string of the molecule is Cn1cnnc1C1(c2cccc(N3Cc4c(cc(CNC5(C)CCC5)cc4C(F)(F)F)C3=O)c2)CC2(C1)OCCO2. The Morgan fingerprint density at radius 2 is 1.85 bits per heavy atom. The summed E-state index contributed by atoms with van der Waals surface area (Å²) in [5, 5.41) is 11.9. The van der Waals surface area contributed by atoms with E-state index in [1.54, 1.807) is 18.5 Å². The van der Waals surface area contributed by atoms with Gasteiger partial charge in [0.15, 0.2) is 5.79 Å². The Hall–Kier alpha value is -3.28. The first kappa shape index (κ1) is 26.6. The largest absolute Gasteiger partial charge is 0.416 e. The summed E-state index contributed by atoms with van der Waals surface area (Å²) in [4.78, 5) is 15.1. The van der Waals surface area contributed by atoms with Crippen molar-refractivity contribution in [2.24, 2.45) is 7.05 Å². The van der Waals surface area contributed by atoms with Crippen molar-refractivity contribution in [2.75, 3.05) is 18.1 Å². The third-order valence-electron chi connectivity index (χ3n) is 9.39. The van der Waals surface area contributed by atoms with Gasteiger partial charge in [-0.1, -0.05) is 12.1 Å². The third kappa shape index (κ3) is 4.28. The maximum atomic E-state index is 14.3. The highest BCUT2D eigenvalue weighted by atomic mass is 19.4. The second-order valence-electron chi connectivity index (χ2n) is 12.2. The number of anilines is 1. The minimum Gasteiger partial charge on any atom is -0.347 e. The van der Waals surface area contributed by atoms with Gasteiger partial charge in [-0.3, -0.25) is 4.79 Å². The number of halogens is 3. The highest BCUT2D eigenvalue weighted by Crippen LogP contribution is 2.57. The molecule has 1 saturated heterocycles. The Labute approximate surface area is 235 Å². The standard InChI is InChI=1S/C30H32F3N5O3/c1-27(7-4-8-27)34-14-19-11-22-23(24(12-19)30(31,32)33)15-38(25(22)39)21-6-3-5-20(13-21)28(26-36-35-18-37(26)2)16-29(17-28)40-9-10-41-29/h3,5-6,11-13,18,34H,4,7-10,14-17H2,1-2H3. The molecule has 1 spiro atoms. The number of hydrogen-bond acceptors (Lipinski definition) is 6. The number of nitrogens with zero attached hydrogens (tertiary/aromatic N) is 4. The number of benzene rings is 2. The lowest BCUT2D eigenvalue weighted by Gasteiger charge is -2.52. The number of nitrogens with one attached hydrogen (secondary N) is 1. The van der Waals surface area contributed by atoms with Crippen molar-refractivity contribution in [1.29, 1.82) is 0 Å². The van der Waals surface area contributed by atoms with Crippen molar-refractivity contribution in [2.45, 2.75) is 75.0 Å². The fourth-order valence-electron chi connectivity index (χ4n) is 6.98. The van der Waals surface area contributed by atoms with Gasteiger partial charge in [0.1, 0.15) is 12.2 Å². The van der Waals surface area contributed by atoms with Crippen LogP contribution in [0.4, 0.5) is 18.9 Å². The molecular formula is C30H32F3N5O3. The predicted octanol–water partition coefficient (Wildman–Crippen LogP) is 4.85. The summed E-state index contributed by atoms with van der Waals surface area (Å²) in [5.74, 6) is -0.378. The average Bonchev–Trinajstić information content (AvgIpc) is 3.64. The lowest BCUT2D eigenvalue weighted by Crippen LogP contribution is -2.57. The third-order valence-corrected chi connectivity index (χ3v) is 9.39. The molecule has 216 valence electrons. The molecule has 11 heteroatoms. The molecular weight excluding hydrogens is 535 g/mol. The van der Waals surface area contributed by atoms with Gasteiger partial charge >= 0.3 is 6.18 Å². The zero-order valence-electron chi connectivity index (χ0n) is 23.1. The van der Waals surface area contributed by atoms with E-state index in [0.29, 0.717) is 37.3 Å². The number of carbonyl (C=O) groups is 1. The fraction of sp³-hybridized carbons (Fsp3) is 0.500. The Kier molecular flexibility index (Phi) is 5.91. The number of ether oxygens (including phenoxy) is 2. The van der Waals surface area contributed by atoms with Gasteiger partial charge in [-0.15, -0.1) is 10.2 Å². The van der Waals surface area contributed by atoms with Crippen molar-refractivity contribution in [1.82, 2.24) is 20.1 Å². The summed E-state index contributed by atoms with van der Waals surface area (Å²) in [6, 6.07) is 10.3.